The van der Waals surface area contributed by atoms with Crippen LogP contribution in [0.25, 0.3) is 11.3 Å². The van der Waals surface area contributed by atoms with E-state index in [4.69, 9.17) is 5.26 Å². The fourth-order valence-corrected chi connectivity index (χ4v) is 2.43. The van der Waals surface area contributed by atoms with Gasteiger partial charge < -0.3 is 4.98 Å². The summed E-state index contributed by atoms with van der Waals surface area (Å²) in [4.78, 5) is 3.33. The van der Waals surface area contributed by atoms with Crippen molar-refractivity contribution in [2.24, 2.45) is 0 Å². The van der Waals surface area contributed by atoms with Crippen LogP contribution in [-0.2, 0) is 0 Å². The first-order valence-corrected chi connectivity index (χ1v) is 6.13. The Bertz CT molecular complexity index is 628. The molecule has 1 aromatic carbocycles. The van der Waals surface area contributed by atoms with Gasteiger partial charge in [0.1, 0.15) is 6.07 Å². The lowest BCUT2D eigenvalue weighted by Gasteiger charge is -2.14. The summed E-state index contributed by atoms with van der Waals surface area (Å²) in [6, 6.07) is 6.39. The van der Waals surface area contributed by atoms with Crippen LogP contribution in [0.3, 0.4) is 0 Å². The minimum atomic E-state index is 0.725. The van der Waals surface area contributed by atoms with Gasteiger partial charge in [0.05, 0.1) is 5.56 Å². The molecular weight excluding hydrogens is 220 g/mol. The molecule has 0 amide bonds. The molecule has 2 aromatic rings. The molecule has 92 valence electrons. The third-order valence-corrected chi connectivity index (χ3v) is 3.77. The summed E-state index contributed by atoms with van der Waals surface area (Å²) >= 11 is 0. The number of rotatable bonds is 1. The zero-order valence-electron chi connectivity index (χ0n) is 11.6. The number of hydrogen-bond acceptors (Lipinski definition) is 1. The molecule has 0 aliphatic rings. The van der Waals surface area contributed by atoms with Crippen molar-refractivity contribution in [1.29, 1.82) is 5.26 Å². The maximum absolute atomic E-state index is 9.06. The van der Waals surface area contributed by atoms with Gasteiger partial charge in [-0.2, -0.15) is 5.26 Å². The SMILES string of the molecule is Cc1cc(C)c(C)c(-c2cc(C#N)c(C)[nH]2)c1C. The van der Waals surface area contributed by atoms with Gasteiger partial charge in [0, 0.05) is 17.0 Å². The van der Waals surface area contributed by atoms with Crippen LogP contribution in [0.15, 0.2) is 12.1 Å². The van der Waals surface area contributed by atoms with Gasteiger partial charge in [-0.1, -0.05) is 6.07 Å². The number of nitrogens with one attached hydrogen (secondary N) is 1. The molecule has 1 heterocycles. The Kier molecular flexibility index (Phi) is 3.00. The van der Waals surface area contributed by atoms with Gasteiger partial charge in [-0.3, -0.25) is 0 Å². The van der Waals surface area contributed by atoms with Crippen molar-refractivity contribution in [2.75, 3.05) is 0 Å². The molecular formula is C16H18N2. The van der Waals surface area contributed by atoms with Crippen LogP contribution in [0.1, 0.15) is 33.5 Å². The van der Waals surface area contributed by atoms with Gasteiger partial charge >= 0.3 is 0 Å². The molecule has 2 rings (SSSR count). The van der Waals surface area contributed by atoms with E-state index in [0.29, 0.717) is 0 Å². The number of hydrogen-bond donors (Lipinski definition) is 1. The van der Waals surface area contributed by atoms with Crippen molar-refractivity contribution in [3.8, 4) is 17.3 Å². The Morgan fingerprint density at radius 1 is 0.944 bits per heavy atom. The molecule has 0 aliphatic carbocycles. The third kappa shape index (κ3) is 1.82. The Morgan fingerprint density at radius 2 is 1.50 bits per heavy atom. The molecule has 18 heavy (non-hydrogen) atoms. The van der Waals surface area contributed by atoms with Gasteiger partial charge in [-0.05, 0) is 62.9 Å². The number of benzene rings is 1. The molecule has 0 unspecified atom stereocenters. The first kappa shape index (κ1) is 12.4. The Morgan fingerprint density at radius 3 is 1.94 bits per heavy atom. The normalized spacial score (nSPS) is 10.4. The predicted octanol–water partition coefficient (Wildman–Crippen LogP) is 4.10. The maximum Gasteiger partial charge on any atom is 0.101 e. The van der Waals surface area contributed by atoms with Crippen molar-refractivity contribution in [1.82, 2.24) is 4.98 Å². The van der Waals surface area contributed by atoms with E-state index in [-0.39, 0.29) is 0 Å². The van der Waals surface area contributed by atoms with E-state index in [9.17, 15) is 0 Å². The topological polar surface area (TPSA) is 39.6 Å². The summed E-state index contributed by atoms with van der Waals surface area (Å²) in [5.74, 6) is 0. The molecule has 0 spiro atoms. The van der Waals surface area contributed by atoms with E-state index in [1.165, 1.54) is 27.8 Å². The molecule has 0 saturated heterocycles. The zero-order chi connectivity index (χ0) is 13.4. The van der Waals surface area contributed by atoms with Crippen LogP contribution in [0.5, 0.6) is 0 Å². The molecule has 2 heteroatoms. The summed E-state index contributed by atoms with van der Waals surface area (Å²) in [7, 11) is 0. The summed E-state index contributed by atoms with van der Waals surface area (Å²) in [5.41, 5.74) is 9.08. The quantitative estimate of drug-likeness (QED) is 0.798. The summed E-state index contributed by atoms with van der Waals surface area (Å²) in [5, 5.41) is 9.06. The average molecular weight is 238 g/mol. The molecule has 0 saturated carbocycles. The maximum atomic E-state index is 9.06. The highest BCUT2D eigenvalue weighted by molar-refractivity contribution is 5.72. The monoisotopic (exact) mass is 238 g/mol. The summed E-state index contributed by atoms with van der Waals surface area (Å²) in [6.45, 7) is 10.5. The molecule has 2 nitrogen and oxygen atoms in total. The molecule has 0 aliphatic heterocycles. The number of nitriles is 1. The van der Waals surface area contributed by atoms with E-state index >= 15 is 0 Å². The van der Waals surface area contributed by atoms with Gasteiger partial charge in [0.15, 0.2) is 0 Å². The minimum absolute atomic E-state index is 0.725. The number of H-pyrrole nitrogens is 1. The first-order valence-electron chi connectivity index (χ1n) is 6.13. The van der Waals surface area contributed by atoms with Crippen molar-refractivity contribution in [3.05, 3.63) is 45.6 Å². The van der Waals surface area contributed by atoms with E-state index < -0.39 is 0 Å². The lowest BCUT2D eigenvalue weighted by atomic mass is 9.92. The van der Waals surface area contributed by atoms with Gasteiger partial charge in [-0.15, -0.1) is 0 Å². The van der Waals surface area contributed by atoms with Gasteiger partial charge in [0.2, 0.25) is 0 Å². The first-order chi connectivity index (χ1) is 8.45. The van der Waals surface area contributed by atoms with Gasteiger partial charge in [0.25, 0.3) is 0 Å². The Labute approximate surface area is 108 Å². The molecule has 1 aromatic heterocycles. The van der Waals surface area contributed by atoms with Crippen LogP contribution in [0, 0.1) is 45.9 Å². The van der Waals surface area contributed by atoms with Crippen molar-refractivity contribution in [3.63, 3.8) is 0 Å². The van der Waals surface area contributed by atoms with Crippen LogP contribution >= 0.6 is 0 Å². The summed E-state index contributed by atoms with van der Waals surface area (Å²) in [6.07, 6.45) is 0. The lowest BCUT2D eigenvalue weighted by Crippen LogP contribution is -1.95. The van der Waals surface area contributed by atoms with Gasteiger partial charge in [-0.25, -0.2) is 0 Å². The van der Waals surface area contributed by atoms with Crippen LogP contribution in [0.4, 0.5) is 0 Å². The smallest absolute Gasteiger partial charge is 0.101 e. The highest BCUT2D eigenvalue weighted by Crippen LogP contribution is 2.31. The number of aryl methyl sites for hydroxylation is 3. The standard InChI is InChI=1S/C16H18N2/c1-9-6-10(2)12(4)16(11(9)3)15-7-14(8-17)13(5)18-15/h6-7,18H,1-5H3. The van der Waals surface area contributed by atoms with Crippen LogP contribution < -0.4 is 0 Å². The van der Waals surface area contributed by atoms with Crippen LogP contribution in [-0.4, -0.2) is 4.98 Å². The van der Waals surface area contributed by atoms with Crippen molar-refractivity contribution >= 4 is 0 Å². The Hall–Kier alpha value is -2.01. The highest BCUT2D eigenvalue weighted by Gasteiger charge is 2.13. The molecule has 0 bridgehead atoms. The molecule has 0 atom stereocenters. The largest absolute Gasteiger partial charge is 0.358 e. The molecule has 0 radical (unpaired) electrons. The second-order valence-corrected chi connectivity index (χ2v) is 4.97. The zero-order valence-corrected chi connectivity index (χ0v) is 11.6. The van der Waals surface area contributed by atoms with E-state index in [0.717, 1.165) is 17.0 Å². The van der Waals surface area contributed by atoms with Crippen molar-refractivity contribution in [2.45, 2.75) is 34.6 Å². The molecule has 1 N–H and O–H groups in total. The fourth-order valence-electron chi connectivity index (χ4n) is 2.43. The second kappa shape index (κ2) is 4.34. The van der Waals surface area contributed by atoms with E-state index in [2.05, 4.69) is 44.8 Å². The fraction of sp³-hybridized carbons (Fsp3) is 0.312. The number of nitrogens with zero attached hydrogens (tertiary/aromatic N) is 1. The van der Waals surface area contributed by atoms with Crippen LogP contribution in [0.2, 0.25) is 0 Å². The predicted molar refractivity (Wildman–Crippen MR) is 74.6 cm³/mol. The van der Waals surface area contributed by atoms with E-state index in [1.807, 2.05) is 13.0 Å². The highest BCUT2D eigenvalue weighted by atomic mass is 14.7. The lowest BCUT2D eigenvalue weighted by molar-refractivity contribution is 1.20. The number of aromatic nitrogens is 1. The molecule has 0 fully saturated rings. The van der Waals surface area contributed by atoms with Crippen molar-refractivity contribution < 1.29 is 0 Å². The Balaban J connectivity index is 2.75. The minimum Gasteiger partial charge on any atom is -0.358 e. The number of aromatic amines is 1. The summed E-state index contributed by atoms with van der Waals surface area (Å²) < 4.78 is 0. The third-order valence-electron chi connectivity index (χ3n) is 3.77. The second-order valence-electron chi connectivity index (χ2n) is 4.97. The average Bonchev–Trinajstić information content (AvgIpc) is 2.68. The van der Waals surface area contributed by atoms with E-state index in [1.54, 1.807) is 0 Å².